The van der Waals surface area contributed by atoms with Crippen LogP contribution < -0.4 is 10.1 Å². The minimum absolute atomic E-state index is 0.169. The summed E-state index contributed by atoms with van der Waals surface area (Å²) in [6.07, 6.45) is 0. The van der Waals surface area contributed by atoms with Crippen LogP contribution in [0.4, 0.5) is 5.69 Å². The fraction of sp³-hybridized carbons (Fsp3) is 0.300. The lowest BCUT2D eigenvalue weighted by molar-refractivity contribution is -0.118. The van der Waals surface area contributed by atoms with Gasteiger partial charge in [0.05, 0.1) is 16.5 Å². The van der Waals surface area contributed by atoms with Gasteiger partial charge >= 0.3 is 0 Å². The minimum atomic E-state index is -3.63. The van der Waals surface area contributed by atoms with Gasteiger partial charge < -0.3 is 10.1 Å². The maximum atomic E-state index is 12.8. The molecule has 0 radical (unpaired) electrons. The van der Waals surface area contributed by atoms with E-state index in [1.165, 1.54) is 10.4 Å². The summed E-state index contributed by atoms with van der Waals surface area (Å²) in [6, 6.07) is 13.2. The molecule has 0 aromatic heterocycles. The molecule has 7 nitrogen and oxygen atoms in total. The number of hydrogen-bond acceptors (Lipinski definition) is 5. The molecule has 8 heteroatoms. The minimum Gasteiger partial charge on any atom is -0.484 e. The van der Waals surface area contributed by atoms with E-state index in [1.807, 2.05) is 6.07 Å². The van der Waals surface area contributed by atoms with E-state index in [0.29, 0.717) is 35.7 Å². The maximum Gasteiger partial charge on any atom is 0.262 e. The van der Waals surface area contributed by atoms with Crippen molar-refractivity contribution in [3.05, 3.63) is 53.6 Å². The lowest BCUT2D eigenvalue weighted by Gasteiger charge is -2.20. The number of hydrogen-bond donors (Lipinski definition) is 1. The molecular formula is C20H23N3O4S. The van der Waals surface area contributed by atoms with E-state index < -0.39 is 15.9 Å². The fourth-order valence-electron chi connectivity index (χ4n) is 2.63. The Morgan fingerprint density at radius 3 is 2.36 bits per heavy atom. The quantitative estimate of drug-likeness (QED) is 0.733. The zero-order chi connectivity index (χ0) is 20.7. The van der Waals surface area contributed by atoms with Crippen LogP contribution in [-0.2, 0) is 14.8 Å². The molecule has 1 N–H and O–H groups in total. The van der Waals surface area contributed by atoms with Crippen LogP contribution in [0.3, 0.4) is 0 Å². The topological polar surface area (TPSA) is 99.5 Å². The third-order valence-corrected chi connectivity index (χ3v) is 6.34. The number of benzene rings is 2. The Bertz CT molecular complexity index is 976. The van der Waals surface area contributed by atoms with E-state index in [9.17, 15) is 13.2 Å². The van der Waals surface area contributed by atoms with Gasteiger partial charge in [0.1, 0.15) is 5.75 Å². The van der Waals surface area contributed by atoms with E-state index in [1.54, 1.807) is 57.2 Å². The highest BCUT2D eigenvalue weighted by Gasteiger charge is 2.24. The van der Waals surface area contributed by atoms with Crippen LogP contribution in [0.25, 0.3) is 0 Å². The third kappa shape index (κ3) is 5.09. The summed E-state index contributed by atoms with van der Waals surface area (Å²) in [6.45, 7) is 5.78. The zero-order valence-corrected chi connectivity index (χ0v) is 16.9. The van der Waals surface area contributed by atoms with Crippen LogP contribution in [-0.4, -0.2) is 38.3 Å². The molecule has 0 saturated heterocycles. The Morgan fingerprint density at radius 2 is 1.79 bits per heavy atom. The molecule has 1 amide bonds. The molecule has 0 aliphatic rings. The van der Waals surface area contributed by atoms with Crippen LogP contribution in [0.15, 0.2) is 47.4 Å². The van der Waals surface area contributed by atoms with Gasteiger partial charge in [-0.25, -0.2) is 8.42 Å². The van der Waals surface area contributed by atoms with Gasteiger partial charge in [0.25, 0.3) is 5.91 Å². The molecule has 0 fully saturated rings. The second kappa shape index (κ2) is 9.35. The highest BCUT2D eigenvalue weighted by molar-refractivity contribution is 7.89. The van der Waals surface area contributed by atoms with Crippen LogP contribution in [0.5, 0.6) is 5.75 Å². The molecule has 2 rings (SSSR count). The summed E-state index contributed by atoms with van der Waals surface area (Å²) in [5, 5.41) is 11.4. The molecule has 0 bridgehead atoms. The number of nitrogens with zero attached hydrogens (tertiary/aromatic N) is 2. The number of aryl methyl sites for hydroxylation is 1. The van der Waals surface area contributed by atoms with Gasteiger partial charge in [-0.1, -0.05) is 19.9 Å². The Balaban J connectivity index is 2.09. The van der Waals surface area contributed by atoms with Gasteiger partial charge in [-0.3, -0.25) is 4.79 Å². The smallest absolute Gasteiger partial charge is 0.262 e. The average molecular weight is 401 g/mol. The molecule has 2 aromatic rings. The monoisotopic (exact) mass is 401 g/mol. The molecule has 28 heavy (non-hydrogen) atoms. The normalized spacial score (nSPS) is 11.1. The van der Waals surface area contributed by atoms with Crippen molar-refractivity contribution in [3.63, 3.8) is 0 Å². The van der Waals surface area contributed by atoms with Crippen molar-refractivity contribution in [2.24, 2.45) is 0 Å². The molecule has 0 spiro atoms. The van der Waals surface area contributed by atoms with Crippen molar-refractivity contribution in [1.29, 1.82) is 5.26 Å². The number of carbonyl (C=O) groups is 1. The lowest BCUT2D eigenvalue weighted by Crippen LogP contribution is -2.31. The van der Waals surface area contributed by atoms with Gasteiger partial charge in [-0.05, 0) is 48.9 Å². The first-order valence-corrected chi connectivity index (χ1v) is 10.3. The van der Waals surface area contributed by atoms with Crippen LogP contribution >= 0.6 is 0 Å². The summed E-state index contributed by atoms with van der Waals surface area (Å²) in [5.41, 5.74) is 1.49. The molecule has 148 valence electrons. The molecule has 2 aromatic carbocycles. The number of amides is 1. The number of carbonyl (C=O) groups excluding carboxylic acids is 1. The van der Waals surface area contributed by atoms with Gasteiger partial charge in [0, 0.05) is 18.8 Å². The number of rotatable bonds is 8. The summed E-state index contributed by atoms with van der Waals surface area (Å²) >= 11 is 0. The van der Waals surface area contributed by atoms with E-state index in [2.05, 4.69) is 5.32 Å². The predicted molar refractivity (Wildman–Crippen MR) is 107 cm³/mol. The maximum absolute atomic E-state index is 12.8. The second-order valence-electron chi connectivity index (χ2n) is 6.04. The highest BCUT2D eigenvalue weighted by Crippen LogP contribution is 2.23. The molecule has 0 atom stereocenters. The Morgan fingerprint density at radius 1 is 1.14 bits per heavy atom. The number of ether oxygens (including phenoxy) is 1. The predicted octanol–water partition coefficient (Wildman–Crippen LogP) is 2.91. The van der Waals surface area contributed by atoms with E-state index in [0.717, 1.165) is 0 Å². The van der Waals surface area contributed by atoms with E-state index in [-0.39, 0.29) is 11.5 Å². The number of nitriles is 1. The largest absolute Gasteiger partial charge is 0.484 e. The van der Waals surface area contributed by atoms with Crippen molar-refractivity contribution in [1.82, 2.24) is 4.31 Å². The first-order valence-electron chi connectivity index (χ1n) is 8.85. The van der Waals surface area contributed by atoms with E-state index >= 15 is 0 Å². The Labute approximate surface area is 165 Å². The average Bonchev–Trinajstić information content (AvgIpc) is 2.69. The molecule has 0 aliphatic heterocycles. The van der Waals surface area contributed by atoms with Crippen LogP contribution in [0.2, 0.25) is 0 Å². The molecular weight excluding hydrogens is 378 g/mol. The zero-order valence-electron chi connectivity index (χ0n) is 16.1. The number of sulfonamides is 1. The summed E-state index contributed by atoms with van der Waals surface area (Å²) in [5.74, 6) is 0.0438. The highest BCUT2D eigenvalue weighted by atomic mass is 32.2. The fourth-order valence-corrected chi connectivity index (χ4v) is 4.34. The van der Waals surface area contributed by atoms with Gasteiger partial charge in [-0.2, -0.15) is 9.57 Å². The van der Waals surface area contributed by atoms with Crippen molar-refractivity contribution in [3.8, 4) is 11.8 Å². The van der Waals surface area contributed by atoms with Crippen molar-refractivity contribution in [2.75, 3.05) is 25.0 Å². The van der Waals surface area contributed by atoms with Gasteiger partial charge in [0.2, 0.25) is 10.0 Å². The number of nitrogens with one attached hydrogen (secondary N) is 1. The van der Waals surface area contributed by atoms with Crippen LogP contribution in [0, 0.1) is 18.3 Å². The standard InChI is InChI=1S/C20H23N3O4S/c1-4-23(5-2)28(25,26)19-12-17(9-6-15(19)3)22-20(24)14-27-18-10-7-16(13-21)8-11-18/h6-12H,4-5,14H2,1-3H3,(H,22,24). The van der Waals surface area contributed by atoms with Crippen LogP contribution in [0.1, 0.15) is 25.0 Å². The summed E-state index contributed by atoms with van der Waals surface area (Å²) in [7, 11) is -3.63. The third-order valence-electron chi connectivity index (χ3n) is 4.15. The number of anilines is 1. The molecule has 0 heterocycles. The Kier molecular flexibility index (Phi) is 7.15. The molecule has 0 saturated carbocycles. The van der Waals surface area contributed by atoms with Gasteiger partial charge in [-0.15, -0.1) is 0 Å². The first kappa shape index (κ1) is 21.4. The van der Waals surface area contributed by atoms with E-state index in [4.69, 9.17) is 10.00 Å². The Hall–Kier alpha value is -2.89. The van der Waals surface area contributed by atoms with Crippen molar-refractivity contribution in [2.45, 2.75) is 25.7 Å². The SMILES string of the molecule is CCN(CC)S(=O)(=O)c1cc(NC(=O)COc2ccc(C#N)cc2)ccc1C. The van der Waals surface area contributed by atoms with Crippen molar-refractivity contribution < 1.29 is 17.9 Å². The summed E-state index contributed by atoms with van der Waals surface area (Å²) in [4.78, 5) is 12.3. The summed E-state index contributed by atoms with van der Waals surface area (Å²) < 4.78 is 32.3. The second-order valence-corrected chi connectivity index (χ2v) is 7.95. The first-order chi connectivity index (χ1) is 13.3. The van der Waals surface area contributed by atoms with Crippen molar-refractivity contribution >= 4 is 21.6 Å². The molecule has 0 aliphatic carbocycles. The van der Waals surface area contributed by atoms with Gasteiger partial charge in [0.15, 0.2) is 6.61 Å². The lowest BCUT2D eigenvalue weighted by atomic mass is 10.2. The molecule has 0 unspecified atom stereocenters.